The highest BCUT2D eigenvalue weighted by Gasteiger charge is 2.23. The van der Waals surface area contributed by atoms with Gasteiger partial charge >= 0.3 is 5.97 Å². The molecule has 0 fully saturated rings. The number of carbonyl (C=O) groups is 2. The Morgan fingerprint density at radius 2 is 1.82 bits per heavy atom. The van der Waals surface area contributed by atoms with Gasteiger partial charge < -0.3 is 20.3 Å². The van der Waals surface area contributed by atoms with E-state index in [0.29, 0.717) is 18.4 Å². The lowest BCUT2D eigenvalue weighted by atomic mass is 9.95. The molecule has 6 heteroatoms. The lowest BCUT2D eigenvalue weighted by Gasteiger charge is -2.18. The maximum Gasteiger partial charge on any atom is 0.328 e. The van der Waals surface area contributed by atoms with Crippen LogP contribution < -0.4 is 5.32 Å². The third-order valence-electron chi connectivity index (χ3n) is 4.54. The van der Waals surface area contributed by atoms with E-state index in [0.717, 1.165) is 5.56 Å². The van der Waals surface area contributed by atoms with Crippen molar-refractivity contribution in [1.82, 2.24) is 5.32 Å². The maximum atomic E-state index is 12.4. The van der Waals surface area contributed by atoms with Crippen molar-refractivity contribution >= 4 is 11.9 Å². The number of nitrogens with one attached hydrogen (secondary N) is 1. The second-order valence-corrected chi connectivity index (χ2v) is 6.74. The fourth-order valence-electron chi connectivity index (χ4n) is 3.00. The molecule has 28 heavy (non-hydrogen) atoms. The molecule has 0 aliphatic rings. The van der Waals surface area contributed by atoms with Gasteiger partial charge in [-0.1, -0.05) is 43.3 Å². The third kappa shape index (κ3) is 6.30. The molecule has 0 bridgehead atoms. The predicted molar refractivity (Wildman–Crippen MR) is 106 cm³/mol. The summed E-state index contributed by atoms with van der Waals surface area (Å²) < 4.78 is 5.09. The number of esters is 1. The molecular weight excluding hydrogens is 358 g/mol. The molecule has 2 rings (SSSR count). The Labute approximate surface area is 165 Å². The molecule has 3 N–H and O–H groups in total. The topological polar surface area (TPSA) is 95.9 Å². The molecule has 2 aromatic rings. The van der Waals surface area contributed by atoms with E-state index in [-0.39, 0.29) is 36.4 Å². The quantitative estimate of drug-likeness (QED) is 0.576. The van der Waals surface area contributed by atoms with Crippen LogP contribution >= 0.6 is 0 Å². The van der Waals surface area contributed by atoms with Crippen molar-refractivity contribution in [2.45, 2.75) is 45.1 Å². The van der Waals surface area contributed by atoms with E-state index >= 15 is 0 Å². The Morgan fingerprint density at radius 3 is 2.46 bits per heavy atom. The van der Waals surface area contributed by atoms with Gasteiger partial charge in [-0.3, -0.25) is 4.79 Å². The van der Waals surface area contributed by atoms with Gasteiger partial charge in [0.05, 0.1) is 6.61 Å². The molecule has 1 amide bonds. The van der Waals surface area contributed by atoms with Crippen LogP contribution in [-0.2, 0) is 20.7 Å². The lowest BCUT2D eigenvalue weighted by molar-refractivity contribution is -0.147. The van der Waals surface area contributed by atoms with E-state index < -0.39 is 12.0 Å². The number of benzene rings is 2. The van der Waals surface area contributed by atoms with Crippen LogP contribution in [0.15, 0.2) is 48.5 Å². The molecule has 0 spiro atoms. The zero-order chi connectivity index (χ0) is 20.5. The maximum absolute atomic E-state index is 12.4. The molecule has 0 saturated heterocycles. The number of amides is 1. The summed E-state index contributed by atoms with van der Waals surface area (Å²) in [5.41, 5.74) is 1.60. The first-order chi connectivity index (χ1) is 13.4. The number of ether oxygens (including phenoxy) is 1. The van der Waals surface area contributed by atoms with Gasteiger partial charge in [-0.25, -0.2) is 4.79 Å². The Balaban J connectivity index is 1.95. The van der Waals surface area contributed by atoms with Crippen LogP contribution in [0.2, 0.25) is 0 Å². The summed E-state index contributed by atoms with van der Waals surface area (Å²) in [4.78, 5) is 24.6. The minimum absolute atomic E-state index is 0.00128. The summed E-state index contributed by atoms with van der Waals surface area (Å²) in [5, 5.41) is 22.1. The van der Waals surface area contributed by atoms with E-state index in [9.17, 15) is 19.8 Å². The zero-order valence-electron chi connectivity index (χ0n) is 16.2. The molecule has 6 nitrogen and oxygen atoms in total. The Hall–Kier alpha value is -3.02. The molecule has 0 saturated carbocycles. The monoisotopic (exact) mass is 385 g/mol. The third-order valence-corrected chi connectivity index (χ3v) is 4.54. The highest BCUT2D eigenvalue weighted by molar-refractivity contribution is 5.84. The molecule has 2 unspecified atom stereocenters. The van der Waals surface area contributed by atoms with Gasteiger partial charge in [0.2, 0.25) is 5.91 Å². The molecular formula is C22H27NO5. The highest BCUT2D eigenvalue weighted by atomic mass is 16.5. The van der Waals surface area contributed by atoms with Crippen molar-refractivity contribution < 1.29 is 24.5 Å². The molecule has 0 aliphatic heterocycles. The van der Waals surface area contributed by atoms with Crippen molar-refractivity contribution in [3.63, 3.8) is 0 Å². The van der Waals surface area contributed by atoms with E-state index in [1.807, 2.05) is 37.3 Å². The van der Waals surface area contributed by atoms with Crippen molar-refractivity contribution in [2.75, 3.05) is 6.61 Å². The number of carbonyl (C=O) groups excluding carboxylic acids is 2. The van der Waals surface area contributed by atoms with E-state index in [1.165, 1.54) is 12.1 Å². The van der Waals surface area contributed by atoms with Gasteiger partial charge in [-0.15, -0.1) is 0 Å². The Kier molecular flexibility index (Phi) is 7.87. The van der Waals surface area contributed by atoms with Crippen LogP contribution in [0.5, 0.6) is 11.5 Å². The smallest absolute Gasteiger partial charge is 0.328 e. The van der Waals surface area contributed by atoms with Gasteiger partial charge in [0.25, 0.3) is 0 Å². The van der Waals surface area contributed by atoms with Gasteiger partial charge in [-0.05, 0) is 36.5 Å². The van der Waals surface area contributed by atoms with Crippen molar-refractivity contribution in [1.29, 1.82) is 0 Å². The number of phenols is 2. The van der Waals surface area contributed by atoms with Crippen LogP contribution in [0.4, 0.5) is 0 Å². The Morgan fingerprint density at radius 1 is 1.11 bits per heavy atom. The van der Waals surface area contributed by atoms with Crippen LogP contribution in [0.1, 0.15) is 43.7 Å². The van der Waals surface area contributed by atoms with E-state index in [4.69, 9.17) is 4.74 Å². The summed E-state index contributed by atoms with van der Waals surface area (Å²) in [5.74, 6) is -0.796. The summed E-state index contributed by atoms with van der Waals surface area (Å²) in [6, 6.07) is 13.1. The van der Waals surface area contributed by atoms with Gasteiger partial charge in [-0.2, -0.15) is 0 Å². The first kappa shape index (κ1) is 21.3. The largest absolute Gasteiger partial charge is 0.508 e. The van der Waals surface area contributed by atoms with E-state index in [2.05, 4.69) is 5.32 Å². The first-order valence-corrected chi connectivity index (χ1v) is 9.42. The molecule has 2 atom stereocenters. The molecule has 0 radical (unpaired) electrons. The molecule has 0 aromatic heterocycles. The summed E-state index contributed by atoms with van der Waals surface area (Å²) in [6.45, 7) is 3.87. The second-order valence-electron chi connectivity index (χ2n) is 6.74. The number of hydrogen-bond acceptors (Lipinski definition) is 5. The minimum Gasteiger partial charge on any atom is -0.508 e. The van der Waals surface area contributed by atoms with Crippen LogP contribution in [0.3, 0.4) is 0 Å². The van der Waals surface area contributed by atoms with Gasteiger partial charge in [0.15, 0.2) is 0 Å². The normalized spacial score (nSPS) is 12.8. The molecule has 0 heterocycles. The number of rotatable bonds is 9. The van der Waals surface area contributed by atoms with Crippen LogP contribution in [0.25, 0.3) is 0 Å². The number of hydrogen-bond donors (Lipinski definition) is 3. The molecule has 150 valence electrons. The first-order valence-electron chi connectivity index (χ1n) is 9.42. The SMILES string of the molecule is CCOC(=O)C(Cc1ccccc1)NC(=O)CCC(C)c1ccc(O)cc1O. The summed E-state index contributed by atoms with van der Waals surface area (Å²) >= 11 is 0. The van der Waals surface area contributed by atoms with E-state index in [1.54, 1.807) is 13.0 Å². The van der Waals surface area contributed by atoms with Crippen molar-refractivity contribution in [3.8, 4) is 11.5 Å². The average molecular weight is 385 g/mol. The van der Waals surface area contributed by atoms with Gasteiger partial charge in [0.1, 0.15) is 17.5 Å². The standard InChI is InChI=1S/C22H27NO5/c1-3-28-22(27)19(13-16-7-5-4-6-8-16)23-21(26)12-9-15(2)18-11-10-17(24)14-20(18)25/h4-8,10-11,14-15,19,24-25H,3,9,12-13H2,1-2H3,(H,23,26). The average Bonchev–Trinajstić information content (AvgIpc) is 2.66. The minimum atomic E-state index is -0.743. The summed E-state index contributed by atoms with van der Waals surface area (Å²) in [6.07, 6.45) is 1.05. The fourth-order valence-corrected chi connectivity index (χ4v) is 3.00. The number of aromatic hydroxyl groups is 2. The highest BCUT2D eigenvalue weighted by Crippen LogP contribution is 2.31. The van der Waals surface area contributed by atoms with Crippen molar-refractivity contribution in [2.24, 2.45) is 0 Å². The second kappa shape index (κ2) is 10.3. The number of phenolic OH excluding ortho intramolecular Hbond substituents is 2. The molecule has 0 aliphatic carbocycles. The van der Waals surface area contributed by atoms with Crippen LogP contribution in [-0.4, -0.2) is 34.7 Å². The van der Waals surface area contributed by atoms with Gasteiger partial charge in [0, 0.05) is 18.9 Å². The fraction of sp³-hybridized carbons (Fsp3) is 0.364. The van der Waals surface area contributed by atoms with Crippen LogP contribution in [0, 0.1) is 0 Å². The molecule has 2 aromatic carbocycles. The zero-order valence-corrected chi connectivity index (χ0v) is 16.2. The lowest BCUT2D eigenvalue weighted by Crippen LogP contribution is -2.43. The Bertz CT molecular complexity index is 791. The predicted octanol–water partition coefficient (Wildman–Crippen LogP) is 3.27. The van der Waals surface area contributed by atoms with Crippen molar-refractivity contribution in [3.05, 3.63) is 59.7 Å². The summed E-state index contributed by atoms with van der Waals surface area (Å²) in [7, 11) is 0.